The van der Waals surface area contributed by atoms with Crippen LogP contribution in [0.2, 0.25) is 5.02 Å². The van der Waals surface area contributed by atoms with E-state index in [1.807, 2.05) is 35.9 Å². The molecule has 114 valence electrons. The molecule has 0 aliphatic heterocycles. The van der Waals surface area contributed by atoms with Gasteiger partial charge in [-0.3, -0.25) is 0 Å². The first-order chi connectivity index (χ1) is 9.79. The van der Waals surface area contributed by atoms with Crippen molar-refractivity contribution in [2.24, 2.45) is 11.3 Å². The van der Waals surface area contributed by atoms with E-state index in [1.165, 1.54) is 0 Å². The first-order valence-corrected chi connectivity index (χ1v) is 7.85. The van der Waals surface area contributed by atoms with Gasteiger partial charge in [-0.05, 0) is 48.9 Å². The smallest absolute Gasteiger partial charge is 0.181 e. The summed E-state index contributed by atoms with van der Waals surface area (Å²) in [6.45, 7) is 12.1. The summed E-state index contributed by atoms with van der Waals surface area (Å²) in [4.78, 5) is 4.56. The van der Waals surface area contributed by atoms with Gasteiger partial charge in [-0.1, -0.05) is 39.3 Å². The molecule has 1 aromatic heterocycles. The van der Waals surface area contributed by atoms with Crippen molar-refractivity contribution < 1.29 is 0 Å². The largest absolute Gasteiger partial charge is 0.250 e. The van der Waals surface area contributed by atoms with Gasteiger partial charge in [-0.15, -0.1) is 0 Å². The molecule has 0 unspecified atom stereocenters. The van der Waals surface area contributed by atoms with Crippen molar-refractivity contribution in [3.63, 3.8) is 0 Å². The molecule has 3 nitrogen and oxygen atoms in total. The van der Waals surface area contributed by atoms with E-state index in [9.17, 15) is 0 Å². The number of rotatable bonds is 5. The fourth-order valence-electron chi connectivity index (χ4n) is 2.04. The molecule has 2 aromatic rings. The Morgan fingerprint density at radius 3 is 2.38 bits per heavy atom. The van der Waals surface area contributed by atoms with Crippen LogP contribution in [-0.4, -0.2) is 14.8 Å². The van der Waals surface area contributed by atoms with Gasteiger partial charge in [-0.2, -0.15) is 5.10 Å². The van der Waals surface area contributed by atoms with Gasteiger partial charge in [0.05, 0.1) is 0 Å². The zero-order chi connectivity index (χ0) is 15.6. The Labute approximate surface area is 132 Å². The number of hydrogen-bond donors (Lipinski definition) is 0. The number of aryl methyl sites for hydroxylation is 2. The predicted octanol–water partition coefficient (Wildman–Crippen LogP) is 4.98. The van der Waals surface area contributed by atoms with Crippen molar-refractivity contribution in [1.82, 2.24) is 14.8 Å². The molecule has 0 aliphatic rings. The monoisotopic (exact) mass is 305 g/mol. The summed E-state index contributed by atoms with van der Waals surface area (Å²) in [7, 11) is 0. The van der Waals surface area contributed by atoms with Crippen molar-refractivity contribution in [2.75, 3.05) is 0 Å². The molecule has 4 heteroatoms. The highest BCUT2D eigenvalue weighted by atomic mass is 35.5. The summed E-state index contributed by atoms with van der Waals surface area (Å²) >= 11 is 5.92. The van der Waals surface area contributed by atoms with Gasteiger partial charge in [-0.25, -0.2) is 9.67 Å². The summed E-state index contributed by atoms with van der Waals surface area (Å²) in [5, 5.41) is 5.36. The second kappa shape index (κ2) is 6.18. The molecule has 21 heavy (non-hydrogen) atoms. The third-order valence-corrected chi connectivity index (χ3v) is 4.74. The normalized spacial score (nSPS) is 12.1. The van der Waals surface area contributed by atoms with Gasteiger partial charge < -0.3 is 0 Å². The fraction of sp³-hybridized carbons (Fsp3) is 0.529. The van der Waals surface area contributed by atoms with Gasteiger partial charge in [0.15, 0.2) is 5.82 Å². The van der Waals surface area contributed by atoms with Crippen LogP contribution in [0.4, 0.5) is 0 Å². The molecule has 0 saturated carbocycles. The van der Waals surface area contributed by atoms with E-state index < -0.39 is 0 Å². The van der Waals surface area contributed by atoms with Gasteiger partial charge in [0, 0.05) is 17.1 Å². The summed E-state index contributed by atoms with van der Waals surface area (Å²) in [5.74, 6) is 2.38. The third kappa shape index (κ3) is 3.85. The second-order valence-electron chi connectivity index (χ2n) is 6.61. The van der Waals surface area contributed by atoms with Crippen LogP contribution in [-0.2, 0) is 6.54 Å². The number of aromatic nitrogens is 3. The van der Waals surface area contributed by atoms with E-state index in [4.69, 9.17) is 11.6 Å². The minimum Gasteiger partial charge on any atom is -0.250 e. The van der Waals surface area contributed by atoms with E-state index in [0.29, 0.717) is 11.3 Å². The molecule has 0 radical (unpaired) electrons. The summed E-state index contributed by atoms with van der Waals surface area (Å²) in [6.07, 6.45) is 1.09. The zero-order valence-corrected chi connectivity index (χ0v) is 14.3. The van der Waals surface area contributed by atoms with E-state index >= 15 is 0 Å². The number of hydrogen-bond acceptors (Lipinski definition) is 2. The molecule has 1 heterocycles. The molecule has 2 rings (SSSR count). The highest BCUT2D eigenvalue weighted by Gasteiger charge is 2.22. The van der Waals surface area contributed by atoms with Crippen LogP contribution in [0, 0.1) is 18.3 Å². The summed E-state index contributed by atoms with van der Waals surface area (Å²) in [6, 6.07) is 7.66. The van der Waals surface area contributed by atoms with Gasteiger partial charge in [0.25, 0.3) is 0 Å². The van der Waals surface area contributed by atoms with Crippen LogP contribution in [0.3, 0.4) is 0 Å². The first kappa shape index (κ1) is 16.0. The molecule has 0 bridgehead atoms. The molecular weight excluding hydrogens is 282 g/mol. The van der Waals surface area contributed by atoms with Crippen LogP contribution >= 0.6 is 11.6 Å². The molecule has 0 fully saturated rings. The van der Waals surface area contributed by atoms with Crippen LogP contribution in [0.25, 0.3) is 11.4 Å². The van der Waals surface area contributed by atoms with Crippen molar-refractivity contribution in [3.8, 4) is 11.4 Å². The average molecular weight is 306 g/mol. The molecule has 1 aromatic carbocycles. The standard InChI is InChI=1S/C17H24ClN3/c1-12(2)17(4,5)10-11-21-13(3)19-16(20-21)14-6-8-15(18)9-7-14/h6-9,12H,10-11H2,1-5H3. The zero-order valence-electron chi connectivity index (χ0n) is 13.5. The van der Waals surface area contributed by atoms with Crippen LogP contribution < -0.4 is 0 Å². The molecular formula is C17H24ClN3. The Hall–Kier alpha value is -1.35. The minimum absolute atomic E-state index is 0.304. The van der Waals surface area contributed by atoms with E-state index in [0.717, 1.165) is 35.2 Å². The predicted molar refractivity (Wildman–Crippen MR) is 88.4 cm³/mol. The lowest BCUT2D eigenvalue weighted by molar-refractivity contribution is 0.213. The summed E-state index contributed by atoms with van der Waals surface area (Å²) in [5.41, 5.74) is 1.31. The van der Waals surface area contributed by atoms with E-state index in [2.05, 4.69) is 37.8 Å². The van der Waals surface area contributed by atoms with Crippen molar-refractivity contribution in [1.29, 1.82) is 0 Å². The molecule has 0 saturated heterocycles. The minimum atomic E-state index is 0.304. The molecule has 0 spiro atoms. The maximum absolute atomic E-state index is 5.92. The Bertz CT molecular complexity index is 597. The Morgan fingerprint density at radius 2 is 1.81 bits per heavy atom. The Kier molecular flexibility index (Phi) is 4.72. The quantitative estimate of drug-likeness (QED) is 0.780. The van der Waals surface area contributed by atoms with Crippen molar-refractivity contribution in [3.05, 3.63) is 35.1 Å². The highest BCUT2D eigenvalue weighted by Crippen LogP contribution is 2.30. The first-order valence-electron chi connectivity index (χ1n) is 7.47. The van der Waals surface area contributed by atoms with Gasteiger partial charge in [0.1, 0.15) is 5.82 Å². The fourth-order valence-corrected chi connectivity index (χ4v) is 2.16. The third-order valence-electron chi connectivity index (χ3n) is 4.49. The lowest BCUT2D eigenvalue weighted by Gasteiger charge is -2.29. The topological polar surface area (TPSA) is 30.7 Å². The number of benzene rings is 1. The lowest BCUT2D eigenvalue weighted by atomic mass is 9.78. The Balaban J connectivity index is 2.14. The molecule has 0 N–H and O–H groups in total. The number of halogens is 1. The molecule has 0 atom stereocenters. The van der Waals surface area contributed by atoms with E-state index in [1.54, 1.807) is 0 Å². The maximum Gasteiger partial charge on any atom is 0.181 e. The maximum atomic E-state index is 5.92. The van der Waals surface area contributed by atoms with E-state index in [-0.39, 0.29) is 0 Å². The van der Waals surface area contributed by atoms with Gasteiger partial charge in [0.2, 0.25) is 0 Å². The van der Waals surface area contributed by atoms with Crippen molar-refractivity contribution in [2.45, 2.75) is 47.6 Å². The van der Waals surface area contributed by atoms with Crippen LogP contribution in [0.5, 0.6) is 0 Å². The lowest BCUT2D eigenvalue weighted by Crippen LogP contribution is -2.22. The second-order valence-corrected chi connectivity index (χ2v) is 7.04. The van der Waals surface area contributed by atoms with Crippen LogP contribution in [0.1, 0.15) is 39.9 Å². The number of nitrogens with zero attached hydrogens (tertiary/aromatic N) is 3. The highest BCUT2D eigenvalue weighted by molar-refractivity contribution is 6.30. The SMILES string of the molecule is Cc1nc(-c2ccc(Cl)cc2)nn1CCC(C)(C)C(C)C. The average Bonchev–Trinajstić information content (AvgIpc) is 2.78. The van der Waals surface area contributed by atoms with Crippen LogP contribution in [0.15, 0.2) is 24.3 Å². The molecule has 0 aliphatic carbocycles. The Morgan fingerprint density at radius 1 is 1.19 bits per heavy atom. The molecule has 0 amide bonds. The summed E-state index contributed by atoms with van der Waals surface area (Å²) < 4.78 is 2.01. The van der Waals surface area contributed by atoms with Crippen molar-refractivity contribution >= 4 is 11.6 Å². The van der Waals surface area contributed by atoms with Gasteiger partial charge >= 0.3 is 0 Å².